The first-order valence-electron chi connectivity index (χ1n) is 5.11. The molecule has 5 N–H and O–H groups in total. The fourth-order valence-electron chi connectivity index (χ4n) is 1.63. The highest BCUT2D eigenvalue weighted by Crippen LogP contribution is 2.30. The fourth-order valence-corrected chi connectivity index (χ4v) is 2.84. The van der Waals surface area contributed by atoms with Gasteiger partial charge < -0.3 is 5.73 Å². The SMILES string of the molecule is NNC(c1cccnc1N)c1ncc(Br)cc1Br. The first-order chi connectivity index (χ1) is 8.63. The molecule has 0 aliphatic carbocycles. The van der Waals surface area contributed by atoms with Crippen molar-refractivity contribution in [2.24, 2.45) is 5.84 Å². The molecule has 0 saturated carbocycles. The minimum Gasteiger partial charge on any atom is -0.383 e. The van der Waals surface area contributed by atoms with E-state index in [9.17, 15) is 0 Å². The number of nitrogens with two attached hydrogens (primary N) is 2. The highest BCUT2D eigenvalue weighted by atomic mass is 79.9. The second kappa shape index (κ2) is 5.75. The summed E-state index contributed by atoms with van der Waals surface area (Å²) in [6.45, 7) is 0. The summed E-state index contributed by atoms with van der Waals surface area (Å²) >= 11 is 6.82. The Morgan fingerprint density at radius 2 is 2.06 bits per heavy atom. The molecule has 0 amide bonds. The largest absolute Gasteiger partial charge is 0.383 e. The van der Waals surface area contributed by atoms with Crippen molar-refractivity contribution in [3.8, 4) is 0 Å². The van der Waals surface area contributed by atoms with Crippen molar-refractivity contribution in [3.63, 3.8) is 0 Å². The van der Waals surface area contributed by atoms with E-state index < -0.39 is 0 Å². The second-order valence-corrected chi connectivity index (χ2v) is 5.37. The number of nitrogens with zero attached hydrogens (tertiary/aromatic N) is 2. The zero-order valence-electron chi connectivity index (χ0n) is 9.27. The topological polar surface area (TPSA) is 89.8 Å². The maximum Gasteiger partial charge on any atom is 0.128 e. The van der Waals surface area contributed by atoms with E-state index in [0.29, 0.717) is 5.82 Å². The van der Waals surface area contributed by atoms with Crippen molar-refractivity contribution in [1.82, 2.24) is 15.4 Å². The van der Waals surface area contributed by atoms with Gasteiger partial charge in [0.2, 0.25) is 0 Å². The lowest BCUT2D eigenvalue weighted by molar-refractivity contribution is 0.617. The first-order valence-corrected chi connectivity index (χ1v) is 6.69. The van der Waals surface area contributed by atoms with Crippen LogP contribution >= 0.6 is 31.9 Å². The molecule has 0 aromatic carbocycles. The highest BCUT2D eigenvalue weighted by Gasteiger charge is 2.19. The predicted molar refractivity (Wildman–Crippen MR) is 77.5 cm³/mol. The fraction of sp³-hybridized carbons (Fsp3) is 0.0909. The van der Waals surface area contributed by atoms with Crippen LogP contribution in [0.15, 0.2) is 39.5 Å². The molecule has 2 aromatic rings. The smallest absolute Gasteiger partial charge is 0.128 e. The van der Waals surface area contributed by atoms with Gasteiger partial charge >= 0.3 is 0 Å². The molecule has 2 rings (SSSR count). The summed E-state index contributed by atoms with van der Waals surface area (Å²) in [6, 6.07) is 5.26. The van der Waals surface area contributed by atoms with E-state index in [4.69, 9.17) is 11.6 Å². The molecule has 94 valence electrons. The van der Waals surface area contributed by atoms with E-state index in [1.165, 1.54) is 0 Å². The van der Waals surface area contributed by atoms with Gasteiger partial charge in [-0.25, -0.2) is 10.4 Å². The number of hydrogen-bond acceptors (Lipinski definition) is 5. The van der Waals surface area contributed by atoms with Crippen molar-refractivity contribution in [2.75, 3.05) is 5.73 Å². The molecule has 2 heterocycles. The van der Waals surface area contributed by atoms with Crippen LogP contribution in [0.3, 0.4) is 0 Å². The van der Waals surface area contributed by atoms with E-state index in [-0.39, 0.29) is 6.04 Å². The Hall–Kier alpha value is -1.02. The van der Waals surface area contributed by atoms with E-state index in [1.807, 2.05) is 18.2 Å². The molecule has 5 nitrogen and oxygen atoms in total. The van der Waals surface area contributed by atoms with E-state index in [1.54, 1.807) is 12.4 Å². The molecular formula is C11H11Br2N5. The van der Waals surface area contributed by atoms with Crippen LogP contribution in [0.2, 0.25) is 0 Å². The van der Waals surface area contributed by atoms with Gasteiger partial charge in [-0.3, -0.25) is 10.8 Å². The average Bonchev–Trinajstić information content (AvgIpc) is 2.34. The van der Waals surface area contributed by atoms with E-state index in [0.717, 1.165) is 20.2 Å². The van der Waals surface area contributed by atoms with Gasteiger partial charge in [-0.2, -0.15) is 0 Å². The van der Waals surface area contributed by atoms with Crippen molar-refractivity contribution >= 4 is 37.7 Å². The number of hydrazine groups is 1. The lowest BCUT2D eigenvalue weighted by Gasteiger charge is -2.18. The van der Waals surface area contributed by atoms with Gasteiger partial charge in [0.15, 0.2) is 0 Å². The maximum absolute atomic E-state index is 5.86. The molecule has 0 aliphatic rings. The summed E-state index contributed by atoms with van der Waals surface area (Å²) in [4.78, 5) is 8.40. The lowest BCUT2D eigenvalue weighted by Crippen LogP contribution is -2.30. The predicted octanol–water partition coefficient (Wildman–Crippen LogP) is 2.14. The molecule has 0 spiro atoms. The van der Waals surface area contributed by atoms with E-state index in [2.05, 4.69) is 47.3 Å². The number of hydrogen-bond donors (Lipinski definition) is 3. The molecule has 18 heavy (non-hydrogen) atoms. The molecule has 0 saturated heterocycles. The molecule has 0 aliphatic heterocycles. The van der Waals surface area contributed by atoms with Gasteiger partial charge in [-0.05, 0) is 44.0 Å². The van der Waals surface area contributed by atoms with Crippen molar-refractivity contribution in [3.05, 3.63) is 50.8 Å². The molecule has 1 unspecified atom stereocenters. The minimum absolute atomic E-state index is 0.318. The second-order valence-electron chi connectivity index (χ2n) is 3.60. The van der Waals surface area contributed by atoms with E-state index >= 15 is 0 Å². The highest BCUT2D eigenvalue weighted by molar-refractivity contribution is 9.11. The zero-order valence-corrected chi connectivity index (χ0v) is 12.4. The van der Waals surface area contributed by atoms with Crippen molar-refractivity contribution in [1.29, 1.82) is 0 Å². The van der Waals surface area contributed by atoms with Gasteiger partial charge in [0.05, 0.1) is 11.7 Å². The molecule has 2 aromatic heterocycles. The summed E-state index contributed by atoms with van der Waals surface area (Å²) in [5.74, 6) is 6.03. The third-order valence-electron chi connectivity index (χ3n) is 2.46. The van der Waals surface area contributed by atoms with Crippen LogP contribution < -0.4 is 17.0 Å². The standard InChI is InChI=1S/C11H11Br2N5/c12-6-4-8(13)10(17-5-6)9(18-15)7-2-1-3-16-11(7)14/h1-5,9,18H,15H2,(H2,14,16). The lowest BCUT2D eigenvalue weighted by atomic mass is 10.0. The molecule has 0 bridgehead atoms. The van der Waals surface area contributed by atoms with Crippen LogP contribution in [-0.2, 0) is 0 Å². The Labute approximate surface area is 121 Å². The van der Waals surface area contributed by atoms with Crippen LogP contribution in [0.4, 0.5) is 5.82 Å². The Kier molecular flexibility index (Phi) is 4.28. The number of nitrogen functional groups attached to an aromatic ring is 1. The number of pyridine rings is 2. The molecular weight excluding hydrogens is 362 g/mol. The number of nitrogens with one attached hydrogen (secondary N) is 1. The van der Waals surface area contributed by atoms with Crippen LogP contribution in [0.25, 0.3) is 0 Å². The first kappa shape index (κ1) is 13.4. The number of anilines is 1. The molecule has 7 heteroatoms. The van der Waals surface area contributed by atoms with Crippen LogP contribution in [0.1, 0.15) is 17.3 Å². The van der Waals surface area contributed by atoms with Crippen LogP contribution in [0, 0.1) is 0 Å². The molecule has 0 radical (unpaired) electrons. The Morgan fingerprint density at radius 3 is 2.67 bits per heavy atom. The quantitative estimate of drug-likeness (QED) is 0.567. The number of aromatic nitrogens is 2. The van der Waals surface area contributed by atoms with Crippen LogP contribution in [-0.4, -0.2) is 9.97 Å². The van der Waals surface area contributed by atoms with Crippen molar-refractivity contribution in [2.45, 2.75) is 6.04 Å². The minimum atomic E-state index is -0.318. The van der Waals surface area contributed by atoms with Gasteiger partial charge in [-0.15, -0.1) is 0 Å². The average molecular weight is 373 g/mol. The van der Waals surface area contributed by atoms with Crippen molar-refractivity contribution < 1.29 is 0 Å². The third-order valence-corrected chi connectivity index (χ3v) is 3.53. The third kappa shape index (κ3) is 2.69. The summed E-state index contributed by atoms with van der Waals surface area (Å²) in [7, 11) is 0. The Balaban J connectivity index is 2.49. The summed E-state index contributed by atoms with van der Waals surface area (Å²) in [5.41, 5.74) is 10.1. The Morgan fingerprint density at radius 1 is 1.28 bits per heavy atom. The maximum atomic E-state index is 5.86. The van der Waals surface area contributed by atoms with Gasteiger partial charge in [0.25, 0.3) is 0 Å². The monoisotopic (exact) mass is 371 g/mol. The van der Waals surface area contributed by atoms with Gasteiger partial charge in [-0.1, -0.05) is 6.07 Å². The zero-order chi connectivity index (χ0) is 13.1. The van der Waals surface area contributed by atoms with Crippen LogP contribution in [0.5, 0.6) is 0 Å². The summed E-state index contributed by atoms with van der Waals surface area (Å²) in [6.07, 6.45) is 3.34. The molecule has 1 atom stereocenters. The van der Waals surface area contributed by atoms with Gasteiger partial charge in [0.1, 0.15) is 5.82 Å². The summed E-state index contributed by atoms with van der Waals surface area (Å²) < 4.78 is 1.72. The Bertz CT molecular complexity index is 561. The van der Waals surface area contributed by atoms with Gasteiger partial charge in [0, 0.05) is 26.9 Å². The summed E-state index contributed by atoms with van der Waals surface area (Å²) in [5, 5.41) is 0. The normalized spacial score (nSPS) is 12.4. The number of halogens is 2. The molecule has 0 fully saturated rings. The number of rotatable bonds is 3.